The molecule has 1 unspecified atom stereocenters. The Labute approximate surface area is 112 Å². The molecule has 0 aromatic carbocycles. The van der Waals surface area contributed by atoms with Gasteiger partial charge in [0.25, 0.3) is 0 Å². The first kappa shape index (κ1) is 13.1. The fourth-order valence-electron chi connectivity index (χ4n) is 2.32. The molecule has 1 fully saturated rings. The highest BCUT2D eigenvalue weighted by Crippen LogP contribution is 2.25. The smallest absolute Gasteiger partial charge is 0.132 e. The number of hydrogen-bond donors (Lipinski definition) is 1. The van der Waals surface area contributed by atoms with Crippen LogP contribution in [0.1, 0.15) is 25.3 Å². The Morgan fingerprint density at radius 2 is 2.17 bits per heavy atom. The van der Waals surface area contributed by atoms with Crippen molar-refractivity contribution in [3.8, 4) is 6.07 Å². The van der Waals surface area contributed by atoms with Gasteiger partial charge in [0.1, 0.15) is 11.0 Å². The third-order valence-corrected chi connectivity index (χ3v) is 3.65. The second kappa shape index (κ2) is 5.55. The van der Waals surface area contributed by atoms with Gasteiger partial charge in [-0.25, -0.2) is 4.98 Å². The lowest BCUT2D eigenvalue weighted by molar-refractivity contribution is 0.110. The third kappa shape index (κ3) is 2.92. The number of halogens is 1. The minimum atomic E-state index is -0.255. The zero-order valence-electron chi connectivity index (χ0n) is 10.3. The Morgan fingerprint density at radius 1 is 1.50 bits per heavy atom. The van der Waals surface area contributed by atoms with Gasteiger partial charge in [-0.05, 0) is 37.8 Å². The predicted molar refractivity (Wildman–Crippen MR) is 70.6 cm³/mol. The van der Waals surface area contributed by atoms with Crippen molar-refractivity contribution in [3.63, 3.8) is 0 Å². The van der Waals surface area contributed by atoms with Crippen LogP contribution in [-0.4, -0.2) is 29.3 Å². The molecule has 2 rings (SSSR count). The number of nitrogens with zero attached hydrogens (tertiary/aromatic N) is 3. The normalized spacial score (nSPS) is 18.4. The van der Waals surface area contributed by atoms with Crippen molar-refractivity contribution >= 4 is 17.4 Å². The standard InChI is InChI=1S/C13H16ClN3O/c1-9(18)11-2-4-17(5-3-11)13-7-10(8-15)6-12(14)16-13/h6-7,9,11,18H,2-5H2,1H3. The van der Waals surface area contributed by atoms with Gasteiger partial charge in [0.2, 0.25) is 0 Å². The first-order chi connectivity index (χ1) is 8.60. The average Bonchev–Trinajstić information content (AvgIpc) is 2.38. The number of aliphatic hydroxyl groups is 1. The van der Waals surface area contributed by atoms with Crippen LogP contribution in [0.15, 0.2) is 12.1 Å². The van der Waals surface area contributed by atoms with E-state index >= 15 is 0 Å². The molecular formula is C13H16ClN3O. The summed E-state index contributed by atoms with van der Waals surface area (Å²) in [7, 11) is 0. The van der Waals surface area contributed by atoms with E-state index in [1.165, 1.54) is 0 Å². The molecule has 2 heterocycles. The molecule has 1 aromatic heterocycles. The van der Waals surface area contributed by atoms with E-state index in [0.29, 0.717) is 16.6 Å². The molecule has 0 spiro atoms. The van der Waals surface area contributed by atoms with E-state index in [2.05, 4.69) is 16.0 Å². The van der Waals surface area contributed by atoms with Crippen LogP contribution in [0.4, 0.5) is 5.82 Å². The first-order valence-electron chi connectivity index (χ1n) is 6.11. The quantitative estimate of drug-likeness (QED) is 0.833. The van der Waals surface area contributed by atoms with Crippen molar-refractivity contribution in [1.82, 2.24) is 4.98 Å². The minimum absolute atomic E-state index is 0.255. The summed E-state index contributed by atoms with van der Waals surface area (Å²) < 4.78 is 0. The highest BCUT2D eigenvalue weighted by molar-refractivity contribution is 6.29. The minimum Gasteiger partial charge on any atom is -0.393 e. The SMILES string of the molecule is CC(O)C1CCN(c2cc(C#N)cc(Cl)n2)CC1. The van der Waals surface area contributed by atoms with E-state index in [1.807, 2.05) is 6.92 Å². The predicted octanol–water partition coefficient (Wildman–Crippen LogP) is 2.20. The Kier molecular flexibility index (Phi) is 4.05. The summed E-state index contributed by atoms with van der Waals surface area (Å²) in [5, 5.41) is 18.8. The summed E-state index contributed by atoms with van der Waals surface area (Å²) in [5.74, 6) is 1.11. The number of aliphatic hydroxyl groups excluding tert-OH is 1. The second-order valence-electron chi connectivity index (χ2n) is 4.71. The fourth-order valence-corrected chi connectivity index (χ4v) is 2.52. The Bertz CT molecular complexity index is 462. The molecule has 0 radical (unpaired) electrons. The zero-order valence-corrected chi connectivity index (χ0v) is 11.1. The lowest BCUT2D eigenvalue weighted by Gasteiger charge is -2.34. The van der Waals surface area contributed by atoms with Crippen molar-refractivity contribution in [2.45, 2.75) is 25.9 Å². The maximum atomic E-state index is 9.56. The number of piperidine rings is 1. The molecule has 0 saturated carbocycles. The van der Waals surface area contributed by atoms with Crippen molar-refractivity contribution in [3.05, 3.63) is 22.8 Å². The molecule has 1 aliphatic heterocycles. The van der Waals surface area contributed by atoms with Gasteiger partial charge in [-0.2, -0.15) is 5.26 Å². The number of rotatable bonds is 2. The van der Waals surface area contributed by atoms with Gasteiger partial charge in [0, 0.05) is 13.1 Å². The van der Waals surface area contributed by atoms with E-state index in [0.717, 1.165) is 31.7 Å². The number of aromatic nitrogens is 1. The molecular weight excluding hydrogens is 250 g/mol. The van der Waals surface area contributed by atoms with E-state index in [-0.39, 0.29) is 6.10 Å². The maximum Gasteiger partial charge on any atom is 0.132 e. The summed E-state index contributed by atoms with van der Waals surface area (Å²) in [4.78, 5) is 6.37. The Hall–Kier alpha value is -1.31. The van der Waals surface area contributed by atoms with Crippen LogP contribution in [0, 0.1) is 17.2 Å². The van der Waals surface area contributed by atoms with Gasteiger partial charge >= 0.3 is 0 Å². The van der Waals surface area contributed by atoms with Gasteiger partial charge in [-0.3, -0.25) is 0 Å². The third-order valence-electron chi connectivity index (χ3n) is 3.46. The average molecular weight is 266 g/mol. The van der Waals surface area contributed by atoms with Gasteiger partial charge in [-0.1, -0.05) is 11.6 Å². The maximum absolute atomic E-state index is 9.56. The molecule has 0 bridgehead atoms. The molecule has 96 valence electrons. The molecule has 18 heavy (non-hydrogen) atoms. The topological polar surface area (TPSA) is 60.1 Å². The molecule has 0 amide bonds. The van der Waals surface area contributed by atoms with Crippen LogP contribution in [0.25, 0.3) is 0 Å². The highest BCUT2D eigenvalue weighted by Gasteiger charge is 2.23. The summed E-state index contributed by atoms with van der Waals surface area (Å²) in [6.07, 6.45) is 1.62. The second-order valence-corrected chi connectivity index (χ2v) is 5.10. The number of hydrogen-bond acceptors (Lipinski definition) is 4. The Morgan fingerprint density at radius 3 is 2.72 bits per heavy atom. The van der Waals surface area contributed by atoms with Gasteiger partial charge in [-0.15, -0.1) is 0 Å². The van der Waals surface area contributed by atoms with E-state index in [1.54, 1.807) is 12.1 Å². The van der Waals surface area contributed by atoms with Crippen molar-refractivity contribution in [2.24, 2.45) is 5.92 Å². The van der Waals surface area contributed by atoms with Crippen molar-refractivity contribution < 1.29 is 5.11 Å². The molecule has 5 heteroatoms. The van der Waals surface area contributed by atoms with Gasteiger partial charge in [0.15, 0.2) is 0 Å². The van der Waals surface area contributed by atoms with Crippen LogP contribution < -0.4 is 4.90 Å². The van der Waals surface area contributed by atoms with Crippen LogP contribution in [0.5, 0.6) is 0 Å². The van der Waals surface area contributed by atoms with Crippen molar-refractivity contribution in [1.29, 1.82) is 5.26 Å². The summed E-state index contributed by atoms with van der Waals surface area (Å²) in [5.41, 5.74) is 0.530. The van der Waals surface area contributed by atoms with Crippen LogP contribution in [0.2, 0.25) is 5.15 Å². The first-order valence-corrected chi connectivity index (χ1v) is 6.48. The summed E-state index contributed by atoms with van der Waals surface area (Å²) >= 11 is 5.90. The molecule has 1 saturated heterocycles. The molecule has 0 aliphatic carbocycles. The number of anilines is 1. The van der Waals surface area contributed by atoms with Gasteiger partial charge in [0.05, 0.1) is 17.7 Å². The van der Waals surface area contributed by atoms with Gasteiger partial charge < -0.3 is 10.0 Å². The Balaban J connectivity index is 2.10. The summed E-state index contributed by atoms with van der Waals surface area (Å²) in [6.45, 7) is 3.52. The van der Waals surface area contributed by atoms with Crippen molar-refractivity contribution in [2.75, 3.05) is 18.0 Å². The molecule has 1 N–H and O–H groups in total. The fraction of sp³-hybridized carbons (Fsp3) is 0.538. The number of pyridine rings is 1. The lowest BCUT2D eigenvalue weighted by Crippen LogP contribution is -2.37. The summed E-state index contributed by atoms with van der Waals surface area (Å²) in [6, 6.07) is 5.40. The highest BCUT2D eigenvalue weighted by atomic mass is 35.5. The largest absolute Gasteiger partial charge is 0.393 e. The van der Waals surface area contributed by atoms with E-state index in [9.17, 15) is 5.11 Å². The molecule has 1 aromatic rings. The lowest BCUT2D eigenvalue weighted by atomic mass is 9.92. The van der Waals surface area contributed by atoms with Crippen LogP contribution in [-0.2, 0) is 0 Å². The monoisotopic (exact) mass is 265 g/mol. The van der Waals surface area contributed by atoms with Crippen LogP contribution in [0.3, 0.4) is 0 Å². The molecule has 1 aliphatic rings. The zero-order chi connectivity index (χ0) is 13.1. The molecule has 1 atom stereocenters. The van der Waals surface area contributed by atoms with E-state index < -0.39 is 0 Å². The number of nitriles is 1. The molecule has 4 nitrogen and oxygen atoms in total. The van der Waals surface area contributed by atoms with Crippen LogP contribution >= 0.6 is 11.6 Å². The van der Waals surface area contributed by atoms with E-state index in [4.69, 9.17) is 16.9 Å².